The molecule has 128 valence electrons. The molecule has 25 heavy (non-hydrogen) atoms. The minimum Gasteiger partial charge on any atom is -0.507 e. The number of sulfonamides is 1. The Kier molecular flexibility index (Phi) is 4.41. The number of hydrogen-bond acceptors (Lipinski definition) is 4. The summed E-state index contributed by atoms with van der Waals surface area (Å²) in [5.74, 6) is -0.500. The number of aromatic hydroxyl groups is 1. The van der Waals surface area contributed by atoms with E-state index in [4.69, 9.17) is 0 Å². The van der Waals surface area contributed by atoms with Crippen molar-refractivity contribution in [3.63, 3.8) is 0 Å². The lowest BCUT2D eigenvalue weighted by molar-refractivity contribution is 0.480. The first-order valence-corrected chi connectivity index (χ1v) is 8.89. The van der Waals surface area contributed by atoms with E-state index in [-0.39, 0.29) is 10.6 Å². The Labute approximate surface area is 144 Å². The van der Waals surface area contributed by atoms with E-state index in [0.29, 0.717) is 16.7 Å². The number of phenols is 1. The molecule has 0 aliphatic heterocycles. The molecule has 0 unspecified atom stereocenters. The van der Waals surface area contributed by atoms with Gasteiger partial charge in [-0.3, -0.25) is 0 Å². The summed E-state index contributed by atoms with van der Waals surface area (Å²) in [6.07, 6.45) is 0. The SMILES string of the molecule is C/C(=N\NS(=O)(=O)c1ccc(F)cc1)c1ccc2ccccc2c1O. The Morgan fingerprint density at radius 2 is 1.72 bits per heavy atom. The maximum Gasteiger partial charge on any atom is 0.276 e. The molecule has 3 aromatic rings. The summed E-state index contributed by atoms with van der Waals surface area (Å²) in [7, 11) is -3.92. The Morgan fingerprint density at radius 1 is 1.04 bits per heavy atom. The molecule has 7 heteroatoms. The Bertz CT molecular complexity index is 1060. The molecule has 0 aliphatic carbocycles. The van der Waals surface area contributed by atoms with E-state index >= 15 is 0 Å². The molecule has 0 amide bonds. The molecule has 0 aliphatic rings. The lowest BCUT2D eigenvalue weighted by Gasteiger charge is -2.09. The summed E-state index contributed by atoms with van der Waals surface area (Å²) in [5, 5.41) is 15.8. The first kappa shape index (κ1) is 16.9. The van der Waals surface area contributed by atoms with E-state index in [0.717, 1.165) is 29.7 Å². The number of phenolic OH excluding ortho intramolecular Hbond substituents is 1. The summed E-state index contributed by atoms with van der Waals surface area (Å²) < 4.78 is 37.3. The van der Waals surface area contributed by atoms with Gasteiger partial charge in [0.05, 0.1) is 10.6 Å². The van der Waals surface area contributed by atoms with Crippen molar-refractivity contribution in [3.05, 3.63) is 72.0 Å². The van der Waals surface area contributed by atoms with Crippen LogP contribution in [0.4, 0.5) is 4.39 Å². The van der Waals surface area contributed by atoms with Crippen molar-refractivity contribution < 1.29 is 17.9 Å². The van der Waals surface area contributed by atoms with Gasteiger partial charge in [0, 0.05) is 10.9 Å². The van der Waals surface area contributed by atoms with Gasteiger partial charge in [-0.2, -0.15) is 18.4 Å². The summed E-state index contributed by atoms with van der Waals surface area (Å²) in [6, 6.07) is 15.2. The number of benzene rings is 3. The topological polar surface area (TPSA) is 78.8 Å². The summed E-state index contributed by atoms with van der Waals surface area (Å²) >= 11 is 0. The number of hydrazone groups is 1. The Morgan fingerprint density at radius 3 is 2.44 bits per heavy atom. The van der Waals surface area contributed by atoms with Gasteiger partial charge >= 0.3 is 0 Å². The third-order valence-corrected chi connectivity index (χ3v) is 4.97. The summed E-state index contributed by atoms with van der Waals surface area (Å²) in [4.78, 5) is 1.99. The van der Waals surface area contributed by atoms with Gasteiger partial charge in [-0.15, -0.1) is 0 Å². The van der Waals surface area contributed by atoms with Crippen molar-refractivity contribution in [2.75, 3.05) is 0 Å². The molecular weight excluding hydrogens is 343 g/mol. The van der Waals surface area contributed by atoms with Gasteiger partial charge in [-0.1, -0.05) is 30.3 Å². The lowest BCUT2D eigenvalue weighted by atomic mass is 10.0. The van der Waals surface area contributed by atoms with Gasteiger partial charge in [-0.25, -0.2) is 4.39 Å². The average molecular weight is 358 g/mol. The Hall–Kier alpha value is -2.93. The van der Waals surface area contributed by atoms with E-state index in [1.807, 2.05) is 18.2 Å². The van der Waals surface area contributed by atoms with Crippen LogP contribution in [0.15, 0.2) is 70.7 Å². The molecule has 3 rings (SSSR count). The molecule has 3 aromatic carbocycles. The fourth-order valence-electron chi connectivity index (χ4n) is 2.40. The highest BCUT2D eigenvalue weighted by Gasteiger charge is 2.14. The van der Waals surface area contributed by atoms with Crippen LogP contribution in [0.3, 0.4) is 0 Å². The first-order chi connectivity index (χ1) is 11.9. The van der Waals surface area contributed by atoms with Gasteiger partial charge in [-0.05, 0) is 42.6 Å². The second-order valence-electron chi connectivity index (χ2n) is 5.43. The summed E-state index contributed by atoms with van der Waals surface area (Å²) in [6.45, 7) is 1.58. The van der Waals surface area contributed by atoms with Crippen LogP contribution >= 0.6 is 0 Å². The zero-order valence-electron chi connectivity index (χ0n) is 13.3. The molecule has 0 radical (unpaired) electrons. The normalized spacial score (nSPS) is 12.3. The molecule has 5 nitrogen and oxygen atoms in total. The predicted molar refractivity (Wildman–Crippen MR) is 94.5 cm³/mol. The van der Waals surface area contributed by atoms with E-state index in [9.17, 15) is 17.9 Å². The maximum atomic E-state index is 12.9. The van der Waals surface area contributed by atoms with E-state index in [1.54, 1.807) is 25.1 Å². The molecular formula is C18H15FN2O3S. The molecule has 0 aromatic heterocycles. The molecule has 0 saturated heterocycles. The molecule has 0 saturated carbocycles. The number of nitrogens with one attached hydrogen (secondary N) is 1. The van der Waals surface area contributed by atoms with Crippen molar-refractivity contribution in [3.8, 4) is 5.75 Å². The molecule has 0 bridgehead atoms. The fourth-order valence-corrected chi connectivity index (χ4v) is 3.26. The van der Waals surface area contributed by atoms with Crippen LogP contribution in [0.25, 0.3) is 10.8 Å². The standard InChI is InChI=1S/C18H15FN2O3S/c1-12(16-11-6-13-4-2-3-5-17(13)18(16)22)20-21-25(23,24)15-9-7-14(19)8-10-15/h2-11,21-22H,1H3/b20-12+. The molecule has 0 spiro atoms. The molecule has 0 atom stereocenters. The van der Waals surface area contributed by atoms with Crippen LogP contribution in [0.5, 0.6) is 5.75 Å². The van der Waals surface area contributed by atoms with Crippen molar-refractivity contribution in [1.82, 2.24) is 4.83 Å². The second-order valence-corrected chi connectivity index (χ2v) is 7.09. The highest BCUT2D eigenvalue weighted by Crippen LogP contribution is 2.28. The van der Waals surface area contributed by atoms with Gasteiger partial charge < -0.3 is 5.11 Å². The minimum absolute atomic E-state index is 0.0281. The van der Waals surface area contributed by atoms with Crippen LogP contribution in [-0.4, -0.2) is 19.2 Å². The third-order valence-electron chi connectivity index (χ3n) is 3.75. The van der Waals surface area contributed by atoms with Gasteiger partial charge in [0.15, 0.2) is 0 Å². The second kappa shape index (κ2) is 6.52. The highest BCUT2D eigenvalue weighted by atomic mass is 32.2. The maximum absolute atomic E-state index is 12.9. The lowest BCUT2D eigenvalue weighted by Crippen LogP contribution is -2.20. The minimum atomic E-state index is -3.92. The van der Waals surface area contributed by atoms with E-state index in [2.05, 4.69) is 9.93 Å². The van der Waals surface area contributed by atoms with Gasteiger partial charge in [0.1, 0.15) is 11.6 Å². The smallest absolute Gasteiger partial charge is 0.276 e. The molecule has 2 N–H and O–H groups in total. The van der Waals surface area contributed by atoms with Gasteiger partial charge in [0.2, 0.25) is 0 Å². The Balaban J connectivity index is 1.91. The largest absolute Gasteiger partial charge is 0.507 e. The van der Waals surface area contributed by atoms with Crippen LogP contribution in [0.2, 0.25) is 0 Å². The zero-order chi connectivity index (χ0) is 18.0. The van der Waals surface area contributed by atoms with Crippen molar-refractivity contribution in [1.29, 1.82) is 0 Å². The quantitative estimate of drug-likeness (QED) is 0.554. The molecule has 0 fully saturated rings. The average Bonchev–Trinajstić information content (AvgIpc) is 2.61. The van der Waals surface area contributed by atoms with Crippen molar-refractivity contribution in [2.24, 2.45) is 5.10 Å². The van der Waals surface area contributed by atoms with E-state index in [1.165, 1.54) is 0 Å². The van der Waals surface area contributed by atoms with Crippen LogP contribution in [0, 0.1) is 5.82 Å². The van der Waals surface area contributed by atoms with Gasteiger partial charge in [0.25, 0.3) is 10.0 Å². The molecule has 0 heterocycles. The van der Waals surface area contributed by atoms with Crippen molar-refractivity contribution >= 4 is 26.5 Å². The van der Waals surface area contributed by atoms with E-state index < -0.39 is 15.8 Å². The number of rotatable bonds is 4. The first-order valence-electron chi connectivity index (χ1n) is 7.41. The number of halogens is 1. The predicted octanol–water partition coefficient (Wildman–Crippen LogP) is 3.39. The third kappa shape index (κ3) is 3.46. The zero-order valence-corrected chi connectivity index (χ0v) is 14.1. The highest BCUT2D eigenvalue weighted by molar-refractivity contribution is 7.89. The number of hydrogen-bond donors (Lipinski definition) is 2. The van der Waals surface area contributed by atoms with Crippen LogP contribution in [-0.2, 0) is 10.0 Å². The monoisotopic (exact) mass is 358 g/mol. The van der Waals surface area contributed by atoms with Crippen LogP contribution in [0.1, 0.15) is 12.5 Å². The summed E-state index contributed by atoms with van der Waals surface area (Å²) in [5.41, 5.74) is 0.717. The number of fused-ring (bicyclic) bond motifs is 1. The fraction of sp³-hybridized carbons (Fsp3) is 0.0556. The van der Waals surface area contributed by atoms with Crippen molar-refractivity contribution in [2.45, 2.75) is 11.8 Å². The number of nitrogens with zero attached hydrogens (tertiary/aromatic N) is 1. The van der Waals surface area contributed by atoms with Crippen LogP contribution < -0.4 is 4.83 Å².